The van der Waals surface area contributed by atoms with Crippen molar-refractivity contribution >= 4 is 43.2 Å². The Bertz CT molecular complexity index is 719. The number of phenols is 1. The first-order valence-electron chi connectivity index (χ1n) is 5.15. The minimum atomic E-state index is -3.74. The van der Waals surface area contributed by atoms with E-state index in [2.05, 4.69) is 20.7 Å². The van der Waals surface area contributed by atoms with Gasteiger partial charge in [-0.15, -0.1) is 0 Å². The van der Waals surface area contributed by atoms with Crippen LogP contribution < -0.4 is 4.72 Å². The molecular formula is C12H9BrClNO3S. The Morgan fingerprint density at radius 3 is 2.53 bits per heavy atom. The van der Waals surface area contributed by atoms with Crippen LogP contribution in [-0.2, 0) is 10.0 Å². The highest BCUT2D eigenvalue weighted by Gasteiger charge is 2.15. The largest absolute Gasteiger partial charge is 0.508 e. The van der Waals surface area contributed by atoms with Crippen LogP contribution in [0, 0.1) is 0 Å². The van der Waals surface area contributed by atoms with Crippen molar-refractivity contribution in [2.75, 3.05) is 4.72 Å². The number of nitrogens with one attached hydrogen (secondary N) is 1. The second-order valence-corrected chi connectivity index (χ2v) is 6.68. The minimum absolute atomic E-state index is 0.0152. The number of halogens is 2. The van der Waals surface area contributed by atoms with Gasteiger partial charge in [-0.25, -0.2) is 8.42 Å². The smallest absolute Gasteiger partial charge is 0.262 e. The van der Waals surface area contributed by atoms with Gasteiger partial charge < -0.3 is 5.11 Å². The van der Waals surface area contributed by atoms with E-state index in [4.69, 9.17) is 11.6 Å². The van der Waals surface area contributed by atoms with Crippen LogP contribution >= 0.6 is 27.5 Å². The van der Waals surface area contributed by atoms with Gasteiger partial charge in [0.15, 0.2) is 0 Å². The minimum Gasteiger partial charge on any atom is -0.508 e. The Kier molecular flexibility index (Phi) is 4.03. The molecule has 19 heavy (non-hydrogen) atoms. The van der Waals surface area contributed by atoms with Crippen LogP contribution in [0.5, 0.6) is 5.75 Å². The number of hydrogen-bond acceptors (Lipinski definition) is 3. The molecule has 100 valence electrons. The number of rotatable bonds is 3. The summed E-state index contributed by atoms with van der Waals surface area (Å²) >= 11 is 9.05. The summed E-state index contributed by atoms with van der Waals surface area (Å²) in [6.45, 7) is 0. The first-order chi connectivity index (χ1) is 8.88. The molecule has 2 rings (SSSR count). The maximum absolute atomic E-state index is 12.1. The van der Waals surface area contributed by atoms with E-state index in [1.165, 1.54) is 24.3 Å². The molecule has 2 aromatic carbocycles. The summed E-state index contributed by atoms with van der Waals surface area (Å²) in [4.78, 5) is -0.0152. The molecule has 0 atom stereocenters. The fraction of sp³-hybridized carbons (Fsp3) is 0. The Balaban J connectivity index is 2.33. The van der Waals surface area contributed by atoms with Crippen molar-refractivity contribution in [3.8, 4) is 5.75 Å². The molecule has 0 fully saturated rings. The van der Waals surface area contributed by atoms with Gasteiger partial charge in [-0.05, 0) is 46.3 Å². The van der Waals surface area contributed by atoms with Crippen LogP contribution in [0.4, 0.5) is 5.69 Å². The van der Waals surface area contributed by atoms with Crippen molar-refractivity contribution in [2.24, 2.45) is 0 Å². The van der Waals surface area contributed by atoms with Gasteiger partial charge in [-0.3, -0.25) is 4.72 Å². The Hall–Kier alpha value is -1.24. The fourth-order valence-electron chi connectivity index (χ4n) is 1.42. The molecule has 0 saturated heterocycles. The monoisotopic (exact) mass is 361 g/mol. The normalized spacial score (nSPS) is 11.3. The maximum atomic E-state index is 12.1. The van der Waals surface area contributed by atoms with Gasteiger partial charge in [-0.1, -0.05) is 17.7 Å². The summed E-state index contributed by atoms with van der Waals surface area (Å²) in [7, 11) is -3.74. The molecule has 0 aromatic heterocycles. The highest BCUT2D eigenvalue weighted by atomic mass is 79.9. The van der Waals surface area contributed by atoms with Crippen molar-refractivity contribution in [1.82, 2.24) is 0 Å². The standard InChI is InChI=1S/C12H9BrClNO3S/c13-11-6-8(4-5-12(11)14)15-19(17,18)10-3-1-2-9(16)7-10/h1-7,15-16H. The molecule has 0 aliphatic heterocycles. The molecule has 0 aliphatic carbocycles. The summed E-state index contributed by atoms with van der Waals surface area (Å²) < 4.78 is 27.1. The third-order valence-corrected chi connectivity index (χ3v) is 4.89. The van der Waals surface area contributed by atoms with Gasteiger partial charge in [0.05, 0.1) is 15.6 Å². The summed E-state index contributed by atoms with van der Waals surface area (Å²) in [5.74, 6) is -0.111. The molecule has 0 bridgehead atoms. The predicted octanol–water partition coefficient (Wildman–Crippen LogP) is 3.61. The number of benzene rings is 2. The first kappa shape index (κ1) is 14.2. The molecule has 0 heterocycles. The van der Waals surface area contributed by atoms with Gasteiger partial charge in [0, 0.05) is 10.5 Å². The zero-order valence-corrected chi connectivity index (χ0v) is 12.6. The number of phenolic OH excluding ortho intramolecular Hbond substituents is 1. The summed E-state index contributed by atoms with van der Waals surface area (Å²) in [6, 6.07) is 10.1. The van der Waals surface area contributed by atoms with Crippen molar-refractivity contribution in [3.05, 3.63) is 52.0 Å². The van der Waals surface area contributed by atoms with E-state index in [-0.39, 0.29) is 10.6 Å². The van der Waals surface area contributed by atoms with Crippen LogP contribution in [0.15, 0.2) is 51.8 Å². The van der Waals surface area contributed by atoms with Crippen molar-refractivity contribution in [3.63, 3.8) is 0 Å². The lowest BCUT2D eigenvalue weighted by atomic mass is 10.3. The first-order valence-corrected chi connectivity index (χ1v) is 7.81. The molecule has 2 N–H and O–H groups in total. The van der Waals surface area contributed by atoms with E-state index >= 15 is 0 Å². The number of anilines is 1. The van der Waals surface area contributed by atoms with Gasteiger partial charge >= 0.3 is 0 Å². The van der Waals surface area contributed by atoms with Gasteiger partial charge in [-0.2, -0.15) is 0 Å². The van der Waals surface area contributed by atoms with Crippen LogP contribution in [-0.4, -0.2) is 13.5 Å². The van der Waals surface area contributed by atoms with Crippen LogP contribution in [0.1, 0.15) is 0 Å². The van der Waals surface area contributed by atoms with E-state index in [0.717, 1.165) is 0 Å². The quantitative estimate of drug-likeness (QED) is 0.876. The van der Waals surface area contributed by atoms with Crippen molar-refractivity contribution in [1.29, 1.82) is 0 Å². The van der Waals surface area contributed by atoms with E-state index in [9.17, 15) is 13.5 Å². The van der Waals surface area contributed by atoms with Crippen molar-refractivity contribution < 1.29 is 13.5 Å². The Morgan fingerprint density at radius 1 is 1.16 bits per heavy atom. The van der Waals surface area contributed by atoms with E-state index < -0.39 is 10.0 Å². The molecule has 2 aromatic rings. The highest BCUT2D eigenvalue weighted by Crippen LogP contribution is 2.27. The Morgan fingerprint density at radius 2 is 1.89 bits per heavy atom. The lowest BCUT2D eigenvalue weighted by Gasteiger charge is -2.09. The average molecular weight is 363 g/mol. The Labute approximate surface area is 124 Å². The zero-order chi connectivity index (χ0) is 14.0. The number of aromatic hydroxyl groups is 1. The SMILES string of the molecule is O=S(=O)(Nc1ccc(Cl)c(Br)c1)c1cccc(O)c1. The molecule has 0 amide bonds. The molecule has 0 saturated carbocycles. The molecule has 7 heteroatoms. The zero-order valence-electron chi connectivity index (χ0n) is 9.47. The lowest BCUT2D eigenvalue weighted by Crippen LogP contribution is -2.12. The summed E-state index contributed by atoms with van der Waals surface area (Å²) in [5, 5.41) is 9.79. The van der Waals surface area contributed by atoms with E-state index in [0.29, 0.717) is 15.2 Å². The third-order valence-electron chi connectivity index (χ3n) is 2.30. The van der Waals surface area contributed by atoms with Gasteiger partial charge in [0.25, 0.3) is 10.0 Å². The molecule has 0 aliphatic rings. The van der Waals surface area contributed by atoms with E-state index in [1.807, 2.05) is 0 Å². The van der Waals surface area contributed by atoms with Crippen LogP contribution in [0.3, 0.4) is 0 Å². The number of hydrogen-bond donors (Lipinski definition) is 2. The average Bonchev–Trinajstić information content (AvgIpc) is 2.33. The second kappa shape index (κ2) is 5.40. The molecule has 0 spiro atoms. The number of sulfonamides is 1. The lowest BCUT2D eigenvalue weighted by molar-refractivity contribution is 0.473. The van der Waals surface area contributed by atoms with Crippen molar-refractivity contribution in [2.45, 2.75) is 4.90 Å². The van der Waals surface area contributed by atoms with Crippen LogP contribution in [0.2, 0.25) is 5.02 Å². The summed E-state index contributed by atoms with van der Waals surface area (Å²) in [6.07, 6.45) is 0. The molecule has 0 radical (unpaired) electrons. The molecular weight excluding hydrogens is 354 g/mol. The topological polar surface area (TPSA) is 66.4 Å². The molecule has 0 unspecified atom stereocenters. The maximum Gasteiger partial charge on any atom is 0.262 e. The molecule has 4 nitrogen and oxygen atoms in total. The summed E-state index contributed by atoms with van der Waals surface area (Å²) in [5.41, 5.74) is 0.375. The highest BCUT2D eigenvalue weighted by molar-refractivity contribution is 9.10. The third kappa shape index (κ3) is 3.40. The predicted molar refractivity (Wildman–Crippen MR) is 78.1 cm³/mol. The van der Waals surface area contributed by atoms with Gasteiger partial charge in [0.1, 0.15) is 5.75 Å². The second-order valence-electron chi connectivity index (χ2n) is 3.73. The van der Waals surface area contributed by atoms with Gasteiger partial charge in [0.2, 0.25) is 0 Å². The van der Waals surface area contributed by atoms with E-state index in [1.54, 1.807) is 18.2 Å². The van der Waals surface area contributed by atoms with Crippen LogP contribution in [0.25, 0.3) is 0 Å². The fourth-order valence-corrected chi connectivity index (χ4v) is 3.01.